The van der Waals surface area contributed by atoms with Crippen molar-refractivity contribution in [3.05, 3.63) is 0 Å². The highest BCUT2D eigenvalue weighted by Crippen LogP contribution is 2.23. The van der Waals surface area contributed by atoms with Gasteiger partial charge in [-0.05, 0) is 5.41 Å². The summed E-state index contributed by atoms with van der Waals surface area (Å²) in [6.07, 6.45) is 0. The summed E-state index contributed by atoms with van der Waals surface area (Å²) in [7, 11) is 1.51. The van der Waals surface area contributed by atoms with Gasteiger partial charge in [-0.1, -0.05) is 20.8 Å². The van der Waals surface area contributed by atoms with Crippen LogP contribution in [0.25, 0.3) is 0 Å². The van der Waals surface area contributed by atoms with Gasteiger partial charge in [0.05, 0.1) is 0 Å². The minimum Gasteiger partial charge on any atom is -0.480 e. The Morgan fingerprint density at radius 1 is 1.31 bits per heavy atom. The van der Waals surface area contributed by atoms with E-state index in [0.717, 1.165) is 0 Å². The van der Waals surface area contributed by atoms with Gasteiger partial charge in [-0.15, -0.1) is 0 Å². The van der Waals surface area contributed by atoms with Crippen molar-refractivity contribution in [2.24, 2.45) is 5.41 Å². The minimum atomic E-state index is -0.967. The van der Waals surface area contributed by atoms with Crippen molar-refractivity contribution >= 4 is 11.9 Å². The van der Waals surface area contributed by atoms with E-state index in [4.69, 9.17) is 5.11 Å². The SMILES string of the molecule is CC(=O)N(C)[C@H](C(=O)O)C(C)(C)C. The van der Waals surface area contributed by atoms with Gasteiger partial charge >= 0.3 is 5.97 Å². The molecule has 0 unspecified atom stereocenters. The van der Waals surface area contributed by atoms with Crippen LogP contribution in [0.5, 0.6) is 0 Å². The van der Waals surface area contributed by atoms with Crippen LogP contribution in [0.1, 0.15) is 27.7 Å². The van der Waals surface area contributed by atoms with E-state index in [1.807, 2.05) is 0 Å². The Labute approximate surface area is 78.5 Å². The highest BCUT2D eigenvalue weighted by Gasteiger charge is 2.35. The monoisotopic (exact) mass is 187 g/mol. The van der Waals surface area contributed by atoms with E-state index in [-0.39, 0.29) is 5.91 Å². The van der Waals surface area contributed by atoms with Gasteiger partial charge in [-0.3, -0.25) is 4.79 Å². The fourth-order valence-electron chi connectivity index (χ4n) is 1.30. The van der Waals surface area contributed by atoms with Crippen molar-refractivity contribution in [1.82, 2.24) is 4.90 Å². The summed E-state index contributed by atoms with van der Waals surface area (Å²) in [5.41, 5.74) is -0.452. The van der Waals surface area contributed by atoms with Crippen LogP contribution in [0.4, 0.5) is 0 Å². The number of nitrogens with zero attached hydrogens (tertiary/aromatic N) is 1. The van der Waals surface area contributed by atoms with E-state index in [1.165, 1.54) is 18.9 Å². The molecule has 0 rings (SSSR count). The maximum absolute atomic E-state index is 11.0. The Bertz CT molecular complexity index is 217. The third-order valence-corrected chi connectivity index (χ3v) is 1.94. The number of carbonyl (C=O) groups excluding carboxylic acids is 1. The Morgan fingerprint density at radius 3 is 1.77 bits per heavy atom. The molecule has 0 aliphatic carbocycles. The number of aliphatic carboxylic acids is 1. The van der Waals surface area contributed by atoms with Crippen molar-refractivity contribution in [1.29, 1.82) is 0 Å². The highest BCUT2D eigenvalue weighted by atomic mass is 16.4. The van der Waals surface area contributed by atoms with Gasteiger partial charge < -0.3 is 10.0 Å². The molecule has 0 fully saturated rings. The number of hydrogen-bond acceptors (Lipinski definition) is 2. The number of carboxylic acids is 1. The molecule has 1 N–H and O–H groups in total. The Morgan fingerprint density at radius 2 is 1.69 bits per heavy atom. The second kappa shape index (κ2) is 3.77. The summed E-state index contributed by atoms with van der Waals surface area (Å²) in [6, 6.07) is -0.773. The molecule has 1 amide bonds. The average molecular weight is 187 g/mol. The summed E-state index contributed by atoms with van der Waals surface area (Å²) in [6.45, 7) is 6.75. The van der Waals surface area contributed by atoms with Crippen LogP contribution in [-0.4, -0.2) is 35.0 Å². The molecule has 0 radical (unpaired) electrons. The molecule has 0 aromatic heterocycles. The van der Waals surface area contributed by atoms with Crippen LogP contribution in [0.15, 0.2) is 0 Å². The molecule has 0 aromatic carbocycles. The molecule has 0 bridgehead atoms. The van der Waals surface area contributed by atoms with Crippen LogP contribution >= 0.6 is 0 Å². The summed E-state index contributed by atoms with van der Waals surface area (Å²) in [4.78, 5) is 23.1. The number of carboxylic acid groups (broad SMARTS) is 1. The third kappa shape index (κ3) is 3.05. The molecule has 0 aliphatic heterocycles. The number of hydrogen-bond donors (Lipinski definition) is 1. The zero-order valence-electron chi connectivity index (χ0n) is 8.79. The minimum absolute atomic E-state index is 0.234. The van der Waals surface area contributed by atoms with Gasteiger partial charge in [-0.25, -0.2) is 4.79 Å². The first-order chi connectivity index (χ1) is 5.68. The van der Waals surface area contributed by atoms with Gasteiger partial charge in [0.15, 0.2) is 0 Å². The van der Waals surface area contributed by atoms with Crippen LogP contribution < -0.4 is 0 Å². The lowest BCUT2D eigenvalue weighted by Gasteiger charge is -2.34. The molecule has 0 saturated heterocycles. The topological polar surface area (TPSA) is 57.6 Å². The Hall–Kier alpha value is -1.06. The summed E-state index contributed by atoms with van der Waals surface area (Å²) < 4.78 is 0. The van der Waals surface area contributed by atoms with Crippen LogP contribution in [0.2, 0.25) is 0 Å². The highest BCUT2D eigenvalue weighted by molar-refractivity contribution is 5.82. The van der Waals surface area contributed by atoms with E-state index in [9.17, 15) is 9.59 Å². The molecular weight excluding hydrogens is 170 g/mol. The largest absolute Gasteiger partial charge is 0.480 e. The van der Waals surface area contributed by atoms with E-state index in [0.29, 0.717) is 0 Å². The molecule has 0 aliphatic rings. The van der Waals surface area contributed by atoms with Crippen LogP contribution in [-0.2, 0) is 9.59 Å². The average Bonchev–Trinajstić information content (AvgIpc) is 1.82. The zero-order chi connectivity index (χ0) is 10.8. The zero-order valence-corrected chi connectivity index (χ0v) is 8.79. The van der Waals surface area contributed by atoms with Gasteiger partial charge in [0, 0.05) is 14.0 Å². The summed E-state index contributed by atoms with van der Waals surface area (Å²) in [5, 5.41) is 8.93. The van der Waals surface area contributed by atoms with Crippen molar-refractivity contribution in [3.63, 3.8) is 0 Å². The van der Waals surface area contributed by atoms with Gasteiger partial charge in [0.2, 0.25) is 5.91 Å². The molecule has 0 spiro atoms. The summed E-state index contributed by atoms with van der Waals surface area (Å²) in [5.74, 6) is -1.20. The molecule has 1 atom stereocenters. The molecule has 13 heavy (non-hydrogen) atoms. The normalized spacial score (nSPS) is 13.6. The molecule has 0 saturated carbocycles. The smallest absolute Gasteiger partial charge is 0.326 e. The van der Waals surface area contributed by atoms with E-state index < -0.39 is 17.4 Å². The van der Waals surface area contributed by atoms with Crippen molar-refractivity contribution in [3.8, 4) is 0 Å². The third-order valence-electron chi connectivity index (χ3n) is 1.94. The second-order valence-corrected chi connectivity index (χ2v) is 4.24. The van der Waals surface area contributed by atoms with Crippen molar-refractivity contribution in [2.45, 2.75) is 33.7 Å². The molecular formula is C9H17NO3. The Balaban J connectivity index is 4.83. The van der Waals surface area contributed by atoms with Crippen LogP contribution in [0, 0.1) is 5.41 Å². The van der Waals surface area contributed by atoms with Crippen LogP contribution in [0.3, 0.4) is 0 Å². The maximum atomic E-state index is 11.0. The lowest BCUT2D eigenvalue weighted by Crippen LogP contribution is -2.49. The van der Waals surface area contributed by atoms with E-state index >= 15 is 0 Å². The maximum Gasteiger partial charge on any atom is 0.326 e. The van der Waals surface area contributed by atoms with Crippen molar-refractivity contribution < 1.29 is 14.7 Å². The first-order valence-electron chi connectivity index (χ1n) is 4.14. The fraction of sp³-hybridized carbons (Fsp3) is 0.778. The predicted molar refractivity (Wildman–Crippen MR) is 49.3 cm³/mol. The Kier molecular flexibility index (Phi) is 3.46. The number of likely N-dealkylation sites (N-methyl/N-ethyl adjacent to an activating group) is 1. The number of amides is 1. The van der Waals surface area contributed by atoms with Gasteiger partial charge in [0.25, 0.3) is 0 Å². The predicted octanol–water partition coefficient (Wildman–Crippen LogP) is 0.964. The van der Waals surface area contributed by atoms with E-state index in [1.54, 1.807) is 20.8 Å². The molecule has 4 heteroatoms. The van der Waals surface area contributed by atoms with Gasteiger partial charge in [0.1, 0.15) is 6.04 Å². The molecule has 4 nitrogen and oxygen atoms in total. The first kappa shape index (κ1) is 11.9. The summed E-state index contributed by atoms with van der Waals surface area (Å²) >= 11 is 0. The van der Waals surface area contributed by atoms with E-state index in [2.05, 4.69) is 0 Å². The quantitative estimate of drug-likeness (QED) is 0.700. The lowest BCUT2D eigenvalue weighted by molar-refractivity contribution is -0.152. The van der Waals surface area contributed by atoms with Gasteiger partial charge in [-0.2, -0.15) is 0 Å². The second-order valence-electron chi connectivity index (χ2n) is 4.24. The molecule has 0 aromatic rings. The number of rotatable bonds is 2. The standard InChI is InChI=1S/C9H17NO3/c1-6(11)10(5)7(8(12)13)9(2,3)4/h7H,1-5H3,(H,12,13)/t7-/m1/s1. The fourth-order valence-corrected chi connectivity index (χ4v) is 1.30. The van der Waals surface area contributed by atoms with Crippen molar-refractivity contribution in [2.75, 3.05) is 7.05 Å². The lowest BCUT2D eigenvalue weighted by atomic mass is 9.86. The molecule has 76 valence electrons. The molecule has 0 heterocycles. The number of carbonyl (C=O) groups is 2. The first-order valence-corrected chi connectivity index (χ1v) is 4.14.